The largest absolute Gasteiger partial charge is 0.497 e. The van der Waals surface area contributed by atoms with Crippen molar-refractivity contribution in [3.05, 3.63) is 54.1 Å². The first kappa shape index (κ1) is 15.6. The molecule has 0 aliphatic heterocycles. The van der Waals surface area contributed by atoms with Crippen molar-refractivity contribution < 1.29 is 19.1 Å². The van der Waals surface area contributed by atoms with Crippen molar-refractivity contribution in [1.82, 2.24) is 0 Å². The number of carbonyl (C=O) groups excluding carboxylic acids is 2. The number of rotatable bonds is 6. The van der Waals surface area contributed by atoms with E-state index in [2.05, 4.69) is 5.32 Å². The minimum Gasteiger partial charge on any atom is -0.497 e. The summed E-state index contributed by atoms with van der Waals surface area (Å²) in [4.78, 5) is 23.0. The van der Waals surface area contributed by atoms with Crippen molar-refractivity contribution in [1.29, 1.82) is 0 Å². The van der Waals surface area contributed by atoms with Crippen LogP contribution in [0.2, 0.25) is 0 Å². The Morgan fingerprint density at radius 1 is 1.05 bits per heavy atom. The van der Waals surface area contributed by atoms with Gasteiger partial charge in [-0.3, -0.25) is 9.59 Å². The number of Topliss-reactive ketones (excluding diaryl/α,β-unsaturated/α-hetero) is 1. The molecule has 2 aromatic carbocycles. The molecule has 2 aromatic rings. The summed E-state index contributed by atoms with van der Waals surface area (Å²) in [5.74, 6) is 0.913. The van der Waals surface area contributed by atoms with Crippen molar-refractivity contribution in [3.8, 4) is 11.5 Å². The van der Waals surface area contributed by atoms with Crippen molar-refractivity contribution >= 4 is 17.4 Å². The van der Waals surface area contributed by atoms with E-state index in [1.165, 1.54) is 6.92 Å². The predicted molar refractivity (Wildman–Crippen MR) is 83.6 cm³/mol. The number of methoxy groups -OCH3 is 1. The van der Waals surface area contributed by atoms with Gasteiger partial charge in [0.15, 0.2) is 12.4 Å². The number of amides is 1. The van der Waals surface area contributed by atoms with E-state index in [0.717, 1.165) is 0 Å². The van der Waals surface area contributed by atoms with E-state index in [0.29, 0.717) is 22.7 Å². The first-order valence-electron chi connectivity index (χ1n) is 6.76. The summed E-state index contributed by atoms with van der Waals surface area (Å²) >= 11 is 0. The molecule has 5 nitrogen and oxygen atoms in total. The highest BCUT2D eigenvalue weighted by atomic mass is 16.5. The first-order valence-corrected chi connectivity index (χ1v) is 6.76. The molecule has 0 fully saturated rings. The highest BCUT2D eigenvalue weighted by Gasteiger charge is 2.05. The Labute approximate surface area is 128 Å². The Balaban J connectivity index is 1.88. The third-order valence-electron chi connectivity index (χ3n) is 2.98. The van der Waals surface area contributed by atoms with E-state index >= 15 is 0 Å². The van der Waals surface area contributed by atoms with Crippen LogP contribution in [0.5, 0.6) is 11.5 Å². The Bertz CT molecular complexity index is 665. The lowest BCUT2D eigenvalue weighted by atomic mass is 10.1. The molecule has 22 heavy (non-hydrogen) atoms. The smallest absolute Gasteiger partial charge is 0.262 e. The molecule has 5 heteroatoms. The molecule has 0 aliphatic carbocycles. The average molecular weight is 299 g/mol. The van der Waals surface area contributed by atoms with Crippen LogP contribution in [-0.2, 0) is 4.79 Å². The van der Waals surface area contributed by atoms with Gasteiger partial charge in [0.2, 0.25) is 0 Å². The lowest BCUT2D eigenvalue weighted by Gasteiger charge is -2.08. The van der Waals surface area contributed by atoms with Crippen LogP contribution >= 0.6 is 0 Å². The SMILES string of the molecule is COc1cccc(NC(=O)COc2ccc(C(C)=O)cc2)c1. The second-order valence-corrected chi connectivity index (χ2v) is 4.65. The molecule has 0 unspecified atom stereocenters. The number of hydrogen-bond acceptors (Lipinski definition) is 4. The van der Waals surface area contributed by atoms with Gasteiger partial charge in [-0.2, -0.15) is 0 Å². The summed E-state index contributed by atoms with van der Waals surface area (Å²) in [7, 11) is 1.56. The van der Waals surface area contributed by atoms with Gasteiger partial charge >= 0.3 is 0 Å². The Morgan fingerprint density at radius 2 is 1.77 bits per heavy atom. The number of ketones is 1. The fourth-order valence-electron chi connectivity index (χ4n) is 1.83. The second kappa shape index (κ2) is 7.26. The number of anilines is 1. The van der Waals surface area contributed by atoms with Gasteiger partial charge in [-0.25, -0.2) is 0 Å². The molecule has 1 N–H and O–H groups in total. The molecule has 1 amide bonds. The van der Waals surface area contributed by atoms with Crippen LogP contribution in [-0.4, -0.2) is 25.4 Å². The highest BCUT2D eigenvalue weighted by molar-refractivity contribution is 5.94. The molecule has 0 saturated heterocycles. The van der Waals surface area contributed by atoms with Gasteiger partial charge < -0.3 is 14.8 Å². The molecular formula is C17H17NO4. The van der Waals surface area contributed by atoms with Gasteiger partial charge in [-0.1, -0.05) is 6.07 Å². The van der Waals surface area contributed by atoms with Crippen LogP contribution in [0.3, 0.4) is 0 Å². The number of ether oxygens (including phenoxy) is 2. The quantitative estimate of drug-likeness (QED) is 0.833. The zero-order valence-corrected chi connectivity index (χ0v) is 12.5. The molecule has 0 atom stereocenters. The second-order valence-electron chi connectivity index (χ2n) is 4.65. The third-order valence-corrected chi connectivity index (χ3v) is 2.98. The molecule has 0 aromatic heterocycles. The number of benzene rings is 2. The summed E-state index contributed by atoms with van der Waals surface area (Å²) in [6.45, 7) is 1.38. The maximum absolute atomic E-state index is 11.8. The molecule has 0 spiro atoms. The molecule has 0 radical (unpaired) electrons. The van der Waals surface area contributed by atoms with E-state index < -0.39 is 0 Å². The van der Waals surface area contributed by atoms with E-state index in [9.17, 15) is 9.59 Å². The monoisotopic (exact) mass is 299 g/mol. The Morgan fingerprint density at radius 3 is 2.41 bits per heavy atom. The topological polar surface area (TPSA) is 64.6 Å². The fourth-order valence-corrected chi connectivity index (χ4v) is 1.83. The van der Waals surface area contributed by atoms with Gasteiger partial charge in [0.25, 0.3) is 5.91 Å². The van der Waals surface area contributed by atoms with Gasteiger partial charge in [0, 0.05) is 17.3 Å². The van der Waals surface area contributed by atoms with Crippen LogP contribution in [0, 0.1) is 0 Å². The lowest BCUT2D eigenvalue weighted by molar-refractivity contribution is -0.118. The van der Waals surface area contributed by atoms with E-state index in [1.807, 2.05) is 0 Å². The summed E-state index contributed by atoms with van der Waals surface area (Å²) in [5, 5.41) is 2.72. The van der Waals surface area contributed by atoms with Gasteiger partial charge in [-0.05, 0) is 43.3 Å². The fraction of sp³-hybridized carbons (Fsp3) is 0.176. The average Bonchev–Trinajstić information content (AvgIpc) is 2.53. The van der Waals surface area contributed by atoms with Gasteiger partial charge in [0.1, 0.15) is 11.5 Å². The number of nitrogens with one attached hydrogen (secondary N) is 1. The minimum absolute atomic E-state index is 0.0117. The normalized spacial score (nSPS) is 9.91. The van der Waals surface area contributed by atoms with E-state index in [1.54, 1.807) is 55.6 Å². The summed E-state index contributed by atoms with van der Waals surface area (Å²) in [6, 6.07) is 13.7. The molecular weight excluding hydrogens is 282 g/mol. The van der Waals surface area contributed by atoms with E-state index in [4.69, 9.17) is 9.47 Å². The number of carbonyl (C=O) groups is 2. The maximum Gasteiger partial charge on any atom is 0.262 e. The molecule has 0 aliphatic rings. The van der Waals surface area contributed by atoms with Crippen molar-refractivity contribution in [2.45, 2.75) is 6.92 Å². The zero-order chi connectivity index (χ0) is 15.9. The van der Waals surface area contributed by atoms with Crippen LogP contribution in [0.15, 0.2) is 48.5 Å². The molecule has 0 saturated carbocycles. The van der Waals surface area contributed by atoms with E-state index in [-0.39, 0.29) is 18.3 Å². The maximum atomic E-state index is 11.8. The predicted octanol–water partition coefficient (Wildman–Crippen LogP) is 2.92. The molecule has 0 bridgehead atoms. The standard InChI is InChI=1S/C17H17NO4/c1-12(19)13-6-8-15(9-7-13)22-11-17(20)18-14-4-3-5-16(10-14)21-2/h3-10H,11H2,1-2H3,(H,18,20). The summed E-state index contributed by atoms with van der Waals surface area (Å²) in [5.41, 5.74) is 1.24. The minimum atomic E-state index is -0.274. The highest BCUT2D eigenvalue weighted by Crippen LogP contribution is 2.17. The van der Waals surface area contributed by atoms with Crippen molar-refractivity contribution in [2.24, 2.45) is 0 Å². The van der Waals surface area contributed by atoms with Crippen LogP contribution in [0.1, 0.15) is 17.3 Å². The zero-order valence-electron chi connectivity index (χ0n) is 12.5. The lowest BCUT2D eigenvalue weighted by Crippen LogP contribution is -2.20. The molecule has 114 valence electrons. The van der Waals surface area contributed by atoms with Crippen molar-refractivity contribution in [3.63, 3.8) is 0 Å². The van der Waals surface area contributed by atoms with Crippen LogP contribution in [0.25, 0.3) is 0 Å². The number of hydrogen-bond donors (Lipinski definition) is 1. The summed E-state index contributed by atoms with van der Waals surface area (Å²) < 4.78 is 10.5. The Hall–Kier alpha value is -2.82. The third kappa shape index (κ3) is 4.34. The molecule has 2 rings (SSSR count). The van der Waals surface area contributed by atoms with Gasteiger partial charge in [-0.15, -0.1) is 0 Å². The Kier molecular flexibility index (Phi) is 5.14. The first-order chi connectivity index (χ1) is 10.6. The van der Waals surface area contributed by atoms with Crippen LogP contribution in [0.4, 0.5) is 5.69 Å². The van der Waals surface area contributed by atoms with Crippen molar-refractivity contribution in [2.75, 3.05) is 19.0 Å². The summed E-state index contributed by atoms with van der Waals surface area (Å²) in [6.07, 6.45) is 0. The molecule has 0 heterocycles. The van der Waals surface area contributed by atoms with Gasteiger partial charge in [0.05, 0.1) is 7.11 Å². The van der Waals surface area contributed by atoms with Crippen LogP contribution < -0.4 is 14.8 Å².